The number of ether oxygens (including phenoxy) is 2. The largest absolute Gasteiger partial charge is 0.444 e. The lowest BCUT2D eigenvalue weighted by atomic mass is 9.87. The number of carbonyl (C=O) groups excluding carboxylic acids is 2. The molecule has 0 aromatic rings. The molecule has 0 saturated carbocycles. The quantitative estimate of drug-likeness (QED) is 0.200. The molecule has 0 aliphatic carbocycles. The number of nitrogens with one attached hydrogen (secondary N) is 2. The average Bonchev–Trinajstić information content (AvgIpc) is 2.72. The van der Waals surface area contributed by atoms with E-state index < -0.39 is 61.1 Å². The van der Waals surface area contributed by atoms with Gasteiger partial charge in [-0.3, -0.25) is 8.37 Å². The fourth-order valence-corrected chi connectivity index (χ4v) is 4.14. The molecule has 0 aliphatic rings. The molecule has 252 valence electrons. The fourth-order valence-electron chi connectivity index (χ4n) is 3.19. The molecule has 0 unspecified atom stereocenters. The molecule has 0 aliphatic heterocycles. The minimum atomic E-state index is -3.70. The third kappa shape index (κ3) is 27.1. The van der Waals surface area contributed by atoms with Crippen molar-refractivity contribution in [3.63, 3.8) is 0 Å². The molecule has 0 spiro atoms. The first-order chi connectivity index (χ1) is 18.5. The van der Waals surface area contributed by atoms with Crippen molar-refractivity contribution in [2.45, 2.75) is 105 Å². The molecule has 0 aromatic carbocycles. The van der Waals surface area contributed by atoms with Crippen molar-refractivity contribution in [2.24, 2.45) is 10.8 Å². The van der Waals surface area contributed by atoms with E-state index in [0.717, 1.165) is 12.5 Å². The molecule has 0 aromatic heterocycles. The number of aliphatic hydroxyl groups is 2. The van der Waals surface area contributed by atoms with Crippen molar-refractivity contribution in [1.82, 2.24) is 10.6 Å². The van der Waals surface area contributed by atoms with Crippen LogP contribution in [-0.4, -0.2) is 101 Å². The zero-order valence-electron chi connectivity index (χ0n) is 27.2. The monoisotopic (exact) mass is 650 g/mol. The fraction of sp³-hybridized carbons (Fsp3) is 0.923. The van der Waals surface area contributed by atoms with Crippen LogP contribution in [-0.2, 0) is 38.1 Å². The van der Waals surface area contributed by atoms with Crippen molar-refractivity contribution in [3.8, 4) is 0 Å². The van der Waals surface area contributed by atoms with E-state index in [-0.39, 0.29) is 38.3 Å². The number of amides is 2. The predicted octanol–water partition coefficient (Wildman–Crippen LogP) is 2.53. The van der Waals surface area contributed by atoms with Crippen LogP contribution in [0.15, 0.2) is 0 Å². The zero-order valence-corrected chi connectivity index (χ0v) is 28.8. The van der Waals surface area contributed by atoms with Crippen molar-refractivity contribution in [2.75, 3.05) is 38.9 Å². The molecule has 0 saturated heterocycles. The summed E-state index contributed by atoms with van der Waals surface area (Å²) in [6.07, 6.45) is 1.25. The van der Waals surface area contributed by atoms with E-state index in [1.54, 1.807) is 55.4 Å². The minimum Gasteiger partial charge on any atom is -0.444 e. The highest BCUT2D eigenvalue weighted by atomic mass is 32.2. The van der Waals surface area contributed by atoms with Gasteiger partial charge in [0.1, 0.15) is 11.2 Å². The van der Waals surface area contributed by atoms with Gasteiger partial charge in [0.2, 0.25) is 0 Å². The molecular weight excluding hydrogens is 596 g/mol. The van der Waals surface area contributed by atoms with Crippen LogP contribution in [0.2, 0.25) is 0 Å². The highest BCUT2D eigenvalue weighted by molar-refractivity contribution is 7.86. The Kier molecular flexibility index (Phi) is 17.1. The van der Waals surface area contributed by atoms with Crippen LogP contribution in [0, 0.1) is 10.8 Å². The first-order valence-electron chi connectivity index (χ1n) is 13.4. The van der Waals surface area contributed by atoms with E-state index in [2.05, 4.69) is 10.6 Å². The SMILES string of the molecule is CC(C)(CO)C[C@@H](CO)NC(=O)OC(C)(C)C.CC(C)(COS(C)(=O)=O)C[C@@H](COS(C)(=O)=O)NC(=O)OC(C)(C)C. The maximum absolute atomic E-state index is 11.9. The Balaban J connectivity index is 0. The Morgan fingerprint density at radius 2 is 1.05 bits per heavy atom. The van der Waals surface area contributed by atoms with E-state index in [0.29, 0.717) is 6.42 Å². The van der Waals surface area contributed by atoms with Gasteiger partial charge in [-0.1, -0.05) is 27.7 Å². The number of alkyl carbamates (subject to hydrolysis) is 2. The van der Waals surface area contributed by atoms with Crippen LogP contribution in [0.25, 0.3) is 0 Å². The topological polar surface area (TPSA) is 204 Å². The maximum atomic E-state index is 11.9. The second-order valence-electron chi connectivity index (χ2n) is 13.7. The Hall–Kier alpha value is -1.72. The van der Waals surface area contributed by atoms with Crippen molar-refractivity contribution in [3.05, 3.63) is 0 Å². The van der Waals surface area contributed by atoms with Gasteiger partial charge in [0.25, 0.3) is 20.2 Å². The van der Waals surface area contributed by atoms with Crippen LogP contribution >= 0.6 is 0 Å². The summed E-state index contributed by atoms with van der Waals surface area (Å²) in [5.41, 5.74) is -2.30. The van der Waals surface area contributed by atoms with Gasteiger partial charge < -0.3 is 30.3 Å². The summed E-state index contributed by atoms with van der Waals surface area (Å²) in [5, 5.41) is 23.4. The Morgan fingerprint density at radius 1 is 0.667 bits per heavy atom. The summed E-state index contributed by atoms with van der Waals surface area (Å²) in [7, 11) is -7.32. The second kappa shape index (κ2) is 16.9. The van der Waals surface area contributed by atoms with Gasteiger partial charge in [0.05, 0.1) is 44.4 Å². The van der Waals surface area contributed by atoms with Crippen molar-refractivity contribution in [1.29, 1.82) is 0 Å². The molecule has 0 rings (SSSR count). The normalized spacial score (nSPS) is 14.6. The highest BCUT2D eigenvalue weighted by Crippen LogP contribution is 2.24. The molecule has 42 heavy (non-hydrogen) atoms. The molecule has 0 fully saturated rings. The van der Waals surface area contributed by atoms with E-state index in [1.165, 1.54) is 0 Å². The molecular formula is C26H54N2O12S2. The third-order valence-electron chi connectivity index (χ3n) is 4.84. The maximum Gasteiger partial charge on any atom is 0.407 e. The number of hydrogen-bond donors (Lipinski definition) is 4. The van der Waals surface area contributed by atoms with E-state index in [4.69, 9.17) is 22.9 Å². The van der Waals surface area contributed by atoms with Gasteiger partial charge in [-0.15, -0.1) is 0 Å². The molecule has 0 radical (unpaired) electrons. The van der Waals surface area contributed by atoms with Gasteiger partial charge in [0.15, 0.2) is 0 Å². The molecule has 0 heterocycles. The van der Waals surface area contributed by atoms with Crippen LogP contribution in [0.3, 0.4) is 0 Å². The van der Waals surface area contributed by atoms with Gasteiger partial charge >= 0.3 is 12.2 Å². The standard InChI is InChI=1S/C14H29NO8S2.C12H25NO4/c1-13(2,3)23-12(16)15-11(9-21-24(6,17)18)8-14(4,5)10-22-25(7,19)20;1-11(2,3)17-10(16)13-9(7-14)6-12(4,5)8-15/h11H,8-10H2,1-7H3,(H,15,16);9,14-15H,6-8H2,1-5H3,(H,13,16)/t11-;9-/m00/s1. The smallest absolute Gasteiger partial charge is 0.407 e. The van der Waals surface area contributed by atoms with Gasteiger partial charge in [-0.25, -0.2) is 9.59 Å². The van der Waals surface area contributed by atoms with E-state index in [9.17, 15) is 31.5 Å². The molecule has 2 atom stereocenters. The lowest BCUT2D eigenvalue weighted by Crippen LogP contribution is -2.44. The van der Waals surface area contributed by atoms with Crippen LogP contribution in [0.1, 0.15) is 82.1 Å². The number of aliphatic hydroxyl groups excluding tert-OH is 2. The number of carbonyl (C=O) groups is 2. The van der Waals surface area contributed by atoms with Crippen LogP contribution in [0.4, 0.5) is 9.59 Å². The van der Waals surface area contributed by atoms with Crippen molar-refractivity contribution < 1.29 is 54.5 Å². The minimum absolute atomic E-state index is 0.000498. The van der Waals surface area contributed by atoms with Gasteiger partial charge in [-0.05, 0) is 65.2 Å². The van der Waals surface area contributed by atoms with Crippen molar-refractivity contribution >= 4 is 32.4 Å². The first kappa shape index (κ1) is 42.4. The summed E-state index contributed by atoms with van der Waals surface area (Å²) in [6, 6.07) is -1.13. The van der Waals surface area contributed by atoms with E-state index in [1.807, 2.05) is 13.8 Å². The zero-order chi connectivity index (χ0) is 33.8. The molecule has 2 amide bonds. The van der Waals surface area contributed by atoms with Gasteiger partial charge in [-0.2, -0.15) is 16.8 Å². The molecule has 0 bridgehead atoms. The summed E-state index contributed by atoms with van der Waals surface area (Å²) in [4.78, 5) is 23.4. The summed E-state index contributed by atoms with van der Waals surface area (Å²) < 4.78 is 64.5. The van der Waals surface area contributed by atoms with Gasteiger partial charge in [0, 0.05) is 6.61 Å². The number of hydrogen-bond acceptors (Lipinski definition) is 12. The molecule has 4 N–H and O–H groups in total. The Labute approximate surface area is 252 Å². The summed E-state index contributed by atoms with van der Waals surface area (Å²) >= 11 is 0. The lowest BCUT2D eigenvalue weighted by Gasteiger charge is -2.30. The summed E-state index contributed by atoms with van der Waals surface area (Å²) in [5.74, 6) is 0. The first-order valence-corrected chi connectivity index (χ1v) is 17.0. The number of rotatable bonds is 14. The lowest BCUT2D eigenvalue weighted by molar-refractivity contribution is 0.0437. The van der Waals surface area contributed by atoms with Crippen LogP contribution < -0.4 is 10.6 Å². The predicted molar refractivity (Wildman–Crippen MR) is 159 cm³/mol. The van der Waals surface area contributed by atoms with E-state index >= 15 is 0 Å². The second-order valence-corrected chi connectivity index (χ2v) is 17.0. The Morgan fingerprint density at radius 3 is 1.38 bits per heavy atom. The Bertz CT molecular complexity index is 1040. The molecule has 14 nitrogen and oxygen atoms in total. The third-order valence-corrected chi connectivity index (χ3v) is 5.95. The highest BCUT2D eigenvalue weighted by Gasteiger charge is 2.29. The molecule has 16 heteroatoms. The summed E-state index contributed by atoms with van der Waals surface area (Å²) in [6.45, 7) is 17.0. The van der Waals surface area contributed by atoms with Crippen LogP contribution in [0.5, 0.6) is 0 Å². The average molecular weight is 651 g/mol.